The highest BCUT2D eigenvalue weighted by Gasteiger charge is 2.10. The molecule has 0 aliphatic heterocycles. The van der Waals surface area contributed by atoms with Gasteiger partial charge in [0.2, 0.25) is 0 Å². The fraction of sp³-hybridized carbons (Fsp3) is 0.400. The number of amides is 1. The minimum atomic E-state index is -0.0996. The zero-order valence-corrected chi connectivity index (χ0v) is 12.1. The molecule has 1 N–H and O–H groups in total. The van der Waals surface area contributed by atoms with Gasteiger partial charge in [-0.3, -0.25) is 9.78 Å². The highest BCUT2D eigenvalue weighted by molar-refractivity contribution is 5.93. The van der Waals surface area contributed by atoms with Gasteiger partial charge in [-0.1, -0.05) is 0 Å². The van der Waals surface area contributed by atoms with E-state index in [0.29, 0.717) is 18.2 Å². The van der Waals surface area contributed by atoms with E-state index in [1.165, 1.54) is 0 Å². The van der Waals surface area contributed by atoms with Crippen LogP contribution in [0.4, 0.5) is 0 Å². The fourth-order valence-corrected chi connectivity index (χ4v) is 2.27. The quantitative estimate of drug-likeness (QED) is 0.907. The summed E-state index contributed by atoms with van der Waals surface area (Å²) < 4.78 is 2.19. The Morgan fingerprint density at radius 3 is 2.85 bits per heavy atom. The van der Waals surface area contributed by atoms with Crippen LogP contribution in [0.5, 0.6) is 0 Å². The first-order valence-electron chi connectivity index (χ1n) is 6.80. The largest absolute Gasteiger partial charge is 0.352 e. The summed E-state index contributed by atoms with van der Waals surface area (Å²) in [5.41, 5.74) is 1.73. The van der Waals surface area contributed by atoms with Gasteiger partial charge in [0.25, 0.3) is 5.91 Å². The van der Waals surface area contributed by atoms with Crippen LogP contribution in [0.15, 0.2) is 30.7 Å². The van der Waals surface area contributed by atoms with Crippen molar-refractivity contribution >= 4 is 5.91 Å². The molecule has 0 unspecified atom stereocenters. The van der Waals surface area contributed by atoms with E-state index in [0.717, 1.165) is 17.9 Å². The molecule has 106 valence electrons. The van der Waals surface area contributed by atoms with Gasteiger partial charge in [0.1, 0.15) is 5.82 Å². The summed E-state index contributed by atoms with van der Waals surface area (Å²) in [7, 11) is 0. The molecule has 20 heavy (non-hydrogen) atoms. The number of rotatable bonds is 5. The predicted molar refractivity (Wildman–Crippen MR) is 77.6 cm³/mol. The number of pyridine rings is 1. The van der Waals surface area contributed by atoms with E-state index in [2.05, 4.69) is 33.7 Å². The lowest BCUT2D eigenvalue weighted by molar-refractivity contribution is 0.0953. The first-order chi connectivity index (χ1) is 9.59. The molecule has 0 atom stereocenters. The molecule has 0 spiro atoms. The van der Waals surface area contributed by atoms with Crippen molar-refractivity contribution in [1.82, 2.24) is 19.9 Å². The summed E-state index contributed by atoms with van der Waals surface area (Å²) >= 11 is 0. The van der Waals surface area contributed by atoms with Crippen molar-refractivity contribution in [3.63, 3.8) is 0 Å². The van der Waals surface area contributed by atoms with Gasteiger partial charge in [-0.15, -0.1) is 0 Å². The van der Waals surface area contributed by atoms with Crippen LogP contribution in [0.2, 0.25) is 0 Å². The molecule has 2 rings (SSSR count). The van der Waals surface area contributed by atoms with Gasteiger partial charge in [-0.05, 0) is 32.9 Å². The molecule has 2 aromatic rings. The minimum Gasteiger partial charge on any atom is -0.352 e. The summed E-state index contributed by atoms with van der Waals surface area (Å²) in [5, 5.41) is 2.89. The summed E-state index contributed by atoms with van der Waals surface area (Å²) in [5.74, 6) is 0.904. The molecule has 2 aromatic heterocycles. The van der Waals surface area contributed by atoms with Crippen molar-refractivity contribution in [1.29, 1.82) is 0 Å². The number of carbonyl (C=O) groups excluding carboxylic acids is 1. The maximum atomic E-state index is 11.9. The number of nitrogens with one attached hydrogen (secondary N) is 1. The van der Waals surface area contributed by atoms with Crippen molar-refractivity contribution in [2.24, 2.45) is 0 Å². The third-order valence-electron chi connectivity index (χ3n) is 3.13. The van der Waals surface area contributed by atoms with E-state index in [4.69, 9.17) is 0 Å². The van der Waals surface area contributed by atoms with Crippen molar-refractivity contribution < 1.29 is 4.79 Å². The van der Waals surface area contributed by atoms with Crippen LogP contribution in [0.3, 0.4) is 0 Å². The average molecular weight is 272 g/mol. The summed E-state index contributed by atoms with van der Waals surface area (Å²) in [4.78, 5) is 20.2. The maximum Gasteiger partial charge on any atom is 0.252 e. The first-order valence-corrected chi connectivity index (χ1v) is 6.80. The van der Waals surface area contributed by atoms with E-state index in [-0.39, 0.29) is 5.91 Å². The lowest BCUT2D eigenvalue weighted by atomic mass is 10.2. The fourth-order valence-electron chi connectivity index (χ4n) is 2.27. The van der Waals surface area contributed by atoms with Crippen LogP contribution < -0.4 is 5.32 Å². The van der Waals surface area contributed by atoms with Crippen LogP contribution in [0.25, 0.3) is 0 Å². The number of nitrogens with zero attached hydrogens (tertiary/aromatic N) is 3. The van der Waals surface area contributed by atoms with E-state index in [1.807, 2.05) is 13.1 Å². The van der Waals surface area contributed by atoms with E-state index >= 15 is 0 Å². The normalized spacial score (nSPS) is 10.8. The molecule has 0 radical (unpaired) electrons. The molecule has 5 heteroatoms. The van der Waals surface area contributed by atoms with Gasteiger partial charge < -0.3 is 9.88 Å². The molecule has 2 heterocycles. The Balaban J connectivity index is 1.92. The highest BCUT2D eigenvalue weighted by atomic mass is 16.1. The van der Waals surface area contributed by atoms with Crippen LogP contribution in [0, 0.1) is 6.92 Å². The number of aromatic nitrogens is 3. The van der Waals surface area contributed by atoms with E-state index < -0.39 is 0 Å². The van der Waals surface area contributed by atoms with Crippen LogP contribution in [0.1, 0.15) is 41.8 Å². The molecule has 0 bridgehead atoms. The second-order valence-electron chi connectivity index (χ2n) is 5.03. The van der Waals surface area contributed by atoms with Gasteiger partial charge >= 0.3 is 0 Å². The lowest BCUT2D eigenvalue weighted by Crippen LogP contribution is -2.26. The number of aryl methyl sites for hydroxylation is 1. The van der Waals surface area contributed by atoms with Crippen LogP contribution in [-0.2, 0) is 6.42 Å². The molecular formula is C15H20N4O. The molecule has 0 saturated heterocycles. The number of imidazole rings is 1. The van der Waals surface area contributed by atoms with Crippen molar-refractivity contribution in [3.8, 4) is 0 Å². The van der Waals surface area contributed by atoms with Gasteiger partial charge in [-0.2, -0.15) is 0 Å². The second-order valence-corrected chi connectivity index (χ2v) is 5.03. The summed E-state index contributed by atoms with van der Waals surface area (Å²) in [6, 6.07) is 3.88. The molecule has 0 fully saturated rings. The number of carbonyl (C=O) groups is 1. The maximum absolute atomic E-state index is 11.9. The molecule has 0 saturated carbocycles. The Morgan fingerprint density at radius 1 is 1.40 bits per heavy atom. The van der Waals surface area contributed by atoms with Gasteiger partial charge in [0.05, 0.1) is 5.56 Å². The third-order valence-corrected chi connectivity index (χ3v) is 3.13. The van der Waals surface area contributed by atoms with E-state index in [1.54, 1.807) is 24.5 Å². The highest BCUT2D eigenvalue weighted by Crippen LogP contribution is 2.13. The molecular weight excluding hydrogens is 252 g/mol. The summed E-state index contributed by atoms with van der Waals surface area (Å²) in [6.07, 6.45) is 5.81. The smallest absolute Gasteiger partial charge is 0.252 e. The molecule has 0 aromatic carbocycles. The van der Waals surface area contributed by atoms with E-state index in [9.17, 15) is 4.79 Å². The average Bonchev–Trinajstić information content (AvgIpc) is 2.81. The predicted octanol–water partition coefficient (Wildman–Crippen LogP) is 2.14. The molecule has 0 aliphatic rings. The zero-order valence-electron chi connectivity index (χ0n) is 12.1. The van der Waals surface area contributed by atoms with Crippen molar-refractivity contribution in [2.45, 2.75) is 33.2 Å². The van der Waals surface area contributed by atoms with Crippen LogP contribution >= 0.6 is 0 Å². The Bertz CT molecular complexity index is 575. The van der Waals surface area contributed by atoms with Gasteiger partial charge in [0.15, 0.2) is 0 Å². The zero-order chi connectivity index (χ0) is 14.5. The molecule has 5 nitrogen and oxygen atoms in total. The summed E-state index contributed by atoms with van der Waals surface area (Å²) in [6.45, 7) is 6.88. The number of hydrogen-bond acceptors (Lipinski definition) is 3. The minimum absolute atomic E-state index is 0.0996. The Kier molecular flexibility index (Phi) is 4.50. The Labute approximate surface area is 119 Å². The standard InChI is InChI=1S/C15H20N4O/c1-11(2)19-12(3)9-18-14(19)6-8-17-15(20)13-5-4-7-16-10-13/h4-5,7,9-11H,6,8H2,1-3H3,(H,17,20). The van der Waals surface area contributed by atoms with Crippen LogP contribution in [-0.4, -0.2) is 27.0 Å². The van der Waals surface area contributed by atoms with Gasteiger partial charge in [0, 0.05) is 43.3 Å². The second kappa shape index (κ2) is 6.32. The first kappa shape index (κ1) is 14.2. The SMILES string of the molecule is Cc1cnc(CCNC(=O)c2cccnc2)n1C(C)C. The topological polar surface area (TPSA) is 59.8 Å². The Hall–Kier alpha value is -2.17. The molecule has 1 amide bonds. The van der Waals surface area contributed by atoms with Gasteiger partial charge in [-0.25, -0.2) is 4.98 Å². The Morgan fingerprint density at radius 2 is 2.20 bits per heavy atom. The number of hydrogen-bond donors (Lipinski definition) is 1. The lowest BCUT2D eigenvalue weighted by Gasteiger charge is -2.14. The monoisotopic (exact) mass is 272 g/mol. The third kappa shape index (κ3) is 3.23. The molecule has 0 aliphatic carbocycles. The van der Waals surface area contributed by atoms with Crippen molar-refractivity contribution in [2.75, 3.05) is 6.54 Å². The van der Waals surface area contributed by atoms with Crippen molar-refractivity contribution in [3.05, 3.63) is 47.8 Å².